The van der Waals surface area contributed by atoms with Gasteiger partial charge in [0.1, 0.15) is 6.04 Å². The van der Waals surface area contributed by atoms with Gasteiger partial charge < -0.3 is 5.32 Å². The lowest BCUT2D eigenvalue weighted by Gasteiger charge is -2.33. The highest BCUT2D eigenvalue weighted by Crippen LogP contribution is 2.31. The first-order valence-corrected chi connectivity index (χ1v) is 13.9. The van der Waals surface area contributed by atoms with Crippen LogP contribution in [-0.2, 0) is 14.4 Å². The summed E-state index contributed by atoms with van der Waals surface area (Å²) >= 11 is 9.39. The first-order chi connectivity index (χ1) is 18.3. The molecule has 1 N–H and O–H groups in total. The fourth-order valence-electron chi connectivity index (χ4n) is 4.61. The van der Waals surface area contributed by atoms with Crippen LogP contribution in [0.4, 0.5) is 5.69 Å². The highest BCUT2D eigenvalue weighted by Gasteiger charge is 2.36. The van der Waals surface area contributed by atoms with Gasteiger partial charge in [-0.3, -0.25) is 19.3 Å². The SMILES string of the molecule is Cc1ccc(C(C(=O)NC2CCCCC2)N(C(=O)C(=O)/C=C/c2ccc(Cl)cc2)c2ccc(Br)cc2)cc1. The molecule has 1 aliphatic carbocycles. The Morgan fingerprint density at radius 2 is 1.55 bits per heavy atom. The Kier molecular flexibility index (Phi) is 9.53. The predicted molar refractivity (Wildman–Crippen MR) is 156 cm³/mol. The fourth-order valence-corrected chi connectivity index (χ4v) is 5.00. The lowest BCUT2D eigenvalue weighted by molar-refractivity contribution is -0.135. The quantitative estimate of drug-likeness (QED) is 0.222. The second-order valence-electron chi connectivity index (χ2n) is 9.56. The maximum atomic E-state index is 13.9. The van der Waals surface area contributed by atoms with Crippen LogP contribution in [-0.4, -0.2) is 23.6 Å². The largest absolute Gasteiger partial charge is 0.351 e. The van der Waals surface area contributed by atoms with Gasteiger partial charge in [0, 0.05) is 21.2 Å². The van der Waals surface area contributed by atoms with Crippen molar-refractivity contribution in [2.24, 2.45) is 0 Å². The van der Waals surface area contributed by atoms with Gasteiger partial charge in [0.2, 0.25) is 11.7 Å². The number of carbonyl (C=O) groups excluding carboxylic acids is 3. The second-order valence-corrected chi connectivity index (χ2v) is 10.9. The topological polar surface area (TPSA) is 66.5 Å². The van der Waals surface area contributed by atoms with Gasteiger partial charge in [-0.25, -0.2) is 0 Å². The third-order valence-electron chi connectivity index (χ3n) is 6.68. The van der Waals surface area contributed by atoms with Crippen LogP contribution in [0.1, 0.15) is 54.8 Å². The van der Waals surface area contributed by atoms with Crippen LogP contribution < -0.4 is 10.2 Å². The smallest absolute Gasteiger partial charge is 0.299 e. The Morgan fingerprint density at radius 1 is 0.921 bits per heavy atom. The number of hydrogen-bond acceptors (Lipinski definition) is 3. The molecule has 0 aliphatic heterocycles. The van der Waals surface area contributed by atoms with Crippen molar-refractivity contribution in [3.05, 3.63) is 105 Å². The van der Waals surface area contributed by atoms with E-state index in [1.54, 1.807) is 54.6 Å². The zero-order valence-electron chi connectivity index (χ0n) is 21.2. The van der Waals surface area contributed by atoms with E-state index in [-0.39, 0.29) is 11.9 Å². The molecule has 1 unspecified atom stereocenters. The minimum Gasteiger partial charge on any atom is -0.351 e. The molecule has 0 aromatic heterocycles. The summed E-state index contributed by atoms with van der Waals surface area (Å²) in [5.41, 5.74) is 2.85. The van der Waals surface area contributed by atoms with E-state index in [4.69, 9.17) is 11.6 Å². The number of nitrogens with zero attached hydrogens (tertiary/aromatic N) is 1. The molecule has 1 atom stereocenters. The lowest BCUT2D eigenvalue weighted by atomic mass is 9.94. The highest BCUT2D eigenvalue weighted by atomic mass is 79.9. The fraction of sp³-hybridized carbons (Fsp3) is 0.258. The minimum atomic E-state index is -1.01. The van der Waals surface area contributed by atoms with Gasteiger partial charge >= 0.3 is 0 Å². The molecular weight excluding hydrogens is 564 g/mol. The molecule has 196 valence electrons. The molecule has 1 aliphatic rings. The normalized spacial score (nSPS) is 14.7. The summed E-state index contributed by atoms with van der Waals surface area (Å²) in [5, 5.41) is 3.75. The van der Waals surface area contributed by atoms with Crippen LogP contribution in [0.15, 0.2) is 83.3 Å². The molecule has 4 rings (SSSR count). The van der Waals surface area contributed by atoms with Crippen molar-refractivity contribution in [1.29, 1.82) is 0 Å². The van der Waals surface area contributed by atoms with Crippen LogP contribution in [0.25, 0.3) is 6.08 Å². The van der Waals surface area contributed by atoms with Gasteiger partial charge in [-0.2, -0.15) is 0 Å². The van der Waals surface area contributed by atoms with Crippen LogP contribution in [0, 0.1) is 6.92 Å². The van der Waals surface area contributed by atoms with Crippen molar-refractivity contribution in [2.75, 3.05) is 4.90 Å². The Bertz CT molecular complexity index is 1300. The van der Waals surface area contributed by atoms with E-state index in [0.717, 1.165) is 47.7 Å². The molecule has 0 saturated heterocycles. The van der Waals surface area contributed by atoms with Crippen LogP contribution in [0.2, 0.25) is 5.02 Å². The molecular formula is C31H30BrClN2O3. The van der Waals surface area contributed by atoms with Gasteiger partial charge in [-0.1, -0.05) is 94.8 Å². The number of nitrogens with one attached hydrogen (secondary N) is 1. The Labute approximate surface area is 237 Å². The Balaban J connectivity index is 1.72. The number of hydrogen-bond donors (Lipinski definition) is 1. The van der Waals surface area contributed by atoms with Crippen molar-refractivity contribution < 1.29 is 14.4 Å². The molecule has 38 heavy (non-hydrogen) atoms. The number of carbonyl (C=O) groups is 3. The number of halogens is 2. The van der Waals surface area contributed by atoms with Crippen molar-refractivity contribution in [1.82, 2.24) is 5.32 Å². The standard InChI is InChI=1S/C31H30BrClN2O3/c1-21-7-12-23(13-8-21)29(30(37)34-26-5-3-2-4-6-26)35(27-18-14-24(32)15-19-27)31(38)28(36)20-11-22-9-16-25(33)17-10-22/h7-20,26,29H,2-6H2,1H3,(H,34,37)/b20-11+. The van der Waals surface area contributed by atoms with E-state index in [1.165, 1.54) is 11.0 Å². The summed E-state index contributed by atoms with van der Waals surface area (Å²) in [5.74, 6) is -1.82. The Hall–Kier alpha value is -3.22. The third kappa shape index (κ3) is 7.21. The highest BCUT2D eigenvalue weighted by molar-refractivity contribution is 9.10. The van der Waals surface area contributed by atoms with E-state index in [1.807, 2.05) is 31.2 Å². The lowest BCUT2D eigenvalue weighted by Crippen LogP contribution is -2.48. The van der Waals surface area contributed by atoms with Gasteiger partial charge in [0.25, 0.3) is 5.91 Å². The number of aryl methyl sites for hydroxylation is 1. The van der Waals surface area contributed by atoms with E-state index in [2.05, 4.69) is 21.2 Å². The molecule has 5 nitrogen and oxygen atoms in total. The summed E-state index contributed by atoms with van der Waals surface area (Å²) in [4.78, 5) is 42.2. The first-order valence-electron chi connectivity index (χ1n) is 12.8. The zero-order valence-corrected chi connectivity index (χ0v) is 23.5. The maximum Gasteiger partial charge on any atom is 0.299 e. The molecule has 1 fully saturated rings. The van der Waals surface area contributed by atoms with Crippen molar-refractivity contribution in [3.63, 3.8) is 0 Å². The van der Waals surface area contributed by atoms with Crippen LogP contribution in [0.5, 0.6) is 0 Å². The molecule has 2 amide bonds. The summed E-state index contributed by atoms with van der Waals surface area (Å²) in [6.07, 6.45) is 7.89. The van der Waals surface area contributed by atoms with E-state index < -0.39 is 17.7 Å². The number of ketones is 1. The van der Waals surface area contributed by atoms with Gasteiger partial charge in [-0.05, 0) is 73.4 Å². The van der Waals surface area contributed by atoms with Crippen molar-refractivity contribution in [3.8, 4) is 0 Å². The van der Waals surface area contributed by atoms with Crippen molar-refractivity contribution in [2.45, 2.75) is 51.1 Å². The molecule has 0 heterocycles. The summed E-state index contributed by atoms with van der Waals surface area (Å²) in [7, 11) is 0. The van der Waals surface area contributed by atoms with Crippen LogP contribution >= 0.6 is 27.5 Å². The first kappa shape index (κ1) is 27.8. The predicted octanol–water partition coefficient (Wildman–Crippen LogP) is 7.22. The number of rotatable bonds is 8. The minimum absolute atomic E-state index is 0.0478. The maximum absolute atomic E-state index is 13.9. The molecule has 3 aromatic carbocycles. The molecule has 3 aromatic rings. The number of benzene rings is 3. The summed E-state index contributed by atoms with van der Waals surface area (Å²) in [6.45, 7) is 1.96. The van der Waals surface area contributed by atoms with E-state index >= 15 is 0 Å². The zero-order chi connectivity index (χ0) is 27.1. The third-order valence-corrected chi connectivity index (χ3v) is 7.46. The van der Waals surface area contributed by atoms with Crippen molar-refractivity contribution >= 4 is 56.9 Å². The van der Waals surface area contributed by atoms with Gasteiger partial charge in [0.15, 0.2) is 0 Å². The monoisotopic (exact) mass is 592 g/mol. The molecule has 0 radical (unpaired) electrons. The molecule has 7 heteroatoms. The van der Waals surface area contributed by atoms with Gasteiger partial charge in [-0.15, -0.1) is 0 Å². The summed E-state index contributed by atoms with van der Waals surface area (Å²) in [6, 6.07) is 20.5. The molecule has 0 spiro atoms. The van der Waals surface area contributed by atoms with Gasteiger partial charge in [0.05, 0.1) is 0 Å². The average Bonchev–Trinajstić information content (AvgIpc) is 2.92. The van der Waals surface area contributed by atoms with Crippen LogP contribution in [0.3, 0.4) is 0 Å². The van der Waals surface area contributed by atoms with E-state index in [9.17, 15) is 14.4 Å². The molecule has 0 bridgehead atoms. The second kappa shape index (κ2) is 13.0. The number of anilines is 1. The number of amides is 2. The summed E-state index contributed by atoms with van der Waals surface area (Å²) < 4.78 is 0.821. The average molecular weight is 594 g/mol. The van der Waals surface area contributed by atoms with E-state index in [0.29, 0.717) is 16.3 Å². The Morgan fingerprint density at radius 3 is 2.18 bits per heavy atom. The molecule has 1 saturated carbocycles.